The van der Waals surface area contributed by atoms with Crippen LogP contribution in [-0.4, -0.2) is 15.0 Å². The van der Waals surface area contributed by atoms with E-state index in [0.717, 1.165) is 12.8 Å². The first kappa shape index (κ1) is 13.7. The van der Waals surface area contributed by atoms with E-state index in [0.29, 0.717) is 5.82 Å². The third kappa shape index (κ3) is 6.04. The highest BCUT2D eigenvalue weighted by Crippen LogP contribution is 2.09. The highest BCUT2D eigenvalue weighted by Gasteiger charge is 2.01. The zero-order valence-corrected chi connectivity index (χ0v) is 10.7. The highest BCUT2D eigenvalue weighted by atomic mass is 15.1. The second-order valence-electron chi connectivity index (χ2n) is 4.34. The van der Waals surface area contributed by atoms with Gasteiger partial charge in [-0.15, -0.1) is 0 Å². The van der Waals surface area contributed by atoms with Crippen LogP contribution in [0.4, 0.5) is 11.9 Å². The van der Waals surface area contributed by atoms with Crippen LogP contribution in [0.5, 0.6) is 0 Å². The quantitative estimate of drug-likeness (QED) is 0.677. The molecule has 0 aliphatic heterocycles. The topological polar surface area (TPSA) is 90.7 Å². The van der Waals surface area contributed by atoms with E-state index in [4.69, 9.17) is 11.5 Å². The Labute approximate surface area is 103 Å². The van der Waals surface area contributed by atoms with Gasteiger partial charge >= 0.3 is 0 Å². The van der Waals surface area contributed by atoms with Gasteiger partial charge in [-0.25, -0.2) is 0 Å². The molecular formula is C12H23N5. The van der Waals surface area contributed by atoms with Crippen molar-refractivity contribution in [1.29, 1.82) is 0 Å². The van der Waals surface area contributed by atoms with Crippen LogP contribution >= 0.6 is 0 Å². The molecule has 1 rings (SSSR count). The summed E-state index contributed by atoms with van der Waals surface area (Å²) in [6.07, 6.45) is 9.76. The van der Waals surface area contributed by atoms with Crippen LogP contribution < -0.4 is 11.5 Å². The first-order valence-corrected chi connectivity index (χ1v) is 6.48. The maximum Gasteiger partial charge on any atom is 0.225 e. The Morgan fingerprint density at radius 3 is 1.88 bits per heavy atom. The predicted octanol–water partition coefficient (Wildman–Crippen LogP) is 2.33. The van der Waals surface area contributed by atoms with Crippen LogP contribution in [0.1, 0.15) is 57.7 Å². The smallest absolute Gasteiger partial charge is 0.225 e. The van der Waals surface area contributed by atoms with Gasteiger partial charge in [0.1, 0.15) is 5.82 Å². The summed E-state index contributed by atoms with van der Waals surface area (Å²) in [5, 5.41) is 0. The zero-order chi connectivity index (χ0) is 12.5. The molecular weight excluding hydrogens is 214 g/mol. The van der Waals surface area contributed by atoms with Gasteiger partial charge in [0, 0.05) is 6.42 Å². The molecule has 0 atom stereocenters. The Balaban J connectivity index is 2.13. The van der Waals surface area contributed by atoms with E-state index < -0.39 is 0 Å². The average Bonchev–Trinajstić information content (AvgIpc) is 2.26. The summed E-state index contributed by atoms with van der Waals surface area (Å²) in [5.74, 6) is 1.15. The largest absolute Gasteiger partial charge is 0.368 e. The Morgan fingerprint density at radius 2 is 1.29 bits per heavy atom. The number of unbranched alkanes of at least 4 members (excludes halogenated alkanes) is 6. The highest BCUT2D eigenvalue weighted by molar-refractivity contribution is 5.25. The third-order valence-electron chi connectivity index (χ3n) is 2.72. The van der Waals surface area contributed by atoms with E-state index in [1.165, 1.54) is 38.5 Å². The molecule has 0 spiro atoms. The van der Waals surface area contributed by atoms with Crippen LogP contribution in [0.25, 0.3) is 0 Å². The van der Waals surface area contributed by atoms with Gasteiger partial charge in [0.15, 0.2) is 0 Å². The Morgan fingerprint density at radius 1 is 0.765 bits per heavy atom. The number of nitrogen functional groups attached to an aromatic ring is 2. The van der Waals surface area contributed by atoms with E-state index in [1.807, 2.05) is 0 Å². The molecule has 5 nitrogen and oxygen atoms in total. The van der Waals surface area contributed by atoms with Gasteiger partial charge in [0.05, 0.1) is 0 Å². The van der Waals surface area contributed by atoms with Crippen molar-refractivity contribution in [1.82, 2.24) is 15.0 Å². The molecule has 0 unspecified atom stereocenters. The number of rotatable bonds is 8. The lowest BCUT2D eigenvalue weighted by Crippen LogP contribution is -2.06. The van der Waals surface area contributed by atoms with Gasteiger partial charge in [-0.1, -0.05) is 45.4 Å². The Kier molecular flexibility index (Phi) is 6.29. The number of hydrogen-bond donors (Lipinski definition) is 2. The van der Waals surface area contributed by atoms with Gasteiger partial charge in [0.2, 0.25) is 11.9 Å². The van der Waals surface area contributed by atoms with Gasteiger partial charge in [-0.3, -0.25) is 0 Å². The fraction of sp³-hybridized carbons (Fsp3) is 0.750. The summed E-state index contributed by atoms with van der Waals surface area (Å²) in [5.41, 5.74) is 11.0. The van der Waals surface area contributed by atoms with Crippen molar-refractivity contribution in [3.63, 3.8) is 0 Å². The molecule has 1 aromatic heterocycles. The van der Waals surface area contributed by atoms with E-state index in [-0.39, 0.29) is 11.9 Å². The number of anilines is 2. The third-order valence-corrected chi connectivity index (χ3v) is 2.72. The minimum absolute atomic E-state index is 0.218. The summed E-state index contributed by atoms with van der Waals surface area (Å²) in [6.45, 7) is 2.23. The number of nitrogens with two attached hydrogens (primary N) is 2. The SMILES string of the molecule is CCCCCCCCCc1nc(N)nc(N)n1. The molecule has 96 valence electrons. The molecule has 4 N–H and O–H groups in total. The van der Waals surface area contributed by atoms with E-state index in [2.05, 4.69) is 21.9 Å². The summed E-state index contributed by atoms with van der Waals surface area (Å²) >= 11 is 0. The molecule has 1 heterocycles. The lowest BCUT2D eigenvalue weighted by atomic mass is 10.1. The van der Waals surface area contributed by atoms with Crippen LogP contribution in [0.15, 0.2) is 0 Å². The zero-order valence-electron chi connectivity index (χ0n) is 10.7. The molecule has 0 aromatic carbocycles. The molecule has 0 radical (unpaired) electrons. The van der Waals surface area contributed by atoms with Gasteiger partial charge in [0.25, 0.3) is 0 Å². The van der Waals surface area contributed by atoms with Crippen LogP contribution in [0.2, 0.25) is 0 Å². The van der Waals surface area contributed by atoms with Crippen molar-refractivity contribution < 1.29 is 0 Å². The van der Waals surface area contributed by atoms with Gasteiger partial charge in [-0.05, 0) is 6.42 Å². The first-order valence-electron chi connectivity index (χ1n) is 6.48. The second-order valence-corrected chi connectivity index (χ2v) is 4.34. The van der Waals surface area contributed by atoms with E-state index in [1.54, 1.807) is 0 Å². The lowest BCUT2D eigenvalue weighted by molar-refractivity contribution is 0.584. The molecule has 0 fully saturated rings. The lowest BCUT2D eigenvalue weighted by Gasteiger charge is -2.02. The fourth-order valence-corrected chi connectivity index (χ4v) is 1.81. The van der Waals surface area contributed by atoms with Crippen LogP contribution in [0.3, 0.4) is 0 Å². The maximum absolute atomic E-state index is 5.50. The first-order chi connectivity index (χ1) is 8.22. The molecule has 0 saturated heterocycles. The molecule has 17 heavy (non-hydrogen) atoms. The summed E-state index contributed by atoms with van der Waals surface area (Å²) in [6, 6.07) is 0. The predicted molar refractivity (Wildman–Crippen MR) is 70.3 cm³/mol. The van der Waals surface area contributed by atoms with Crippen molar-refractivity contribution >= 4 is 11.9 Å². The van der Waals surface area contributed by atoms with Crippen LogP contribution in [0, 0.1) is 0 Å². The number of aryl methyl sites for hydroxylation is 1. The molecule has 0 bridgehead atoms. The average molecular weight is 237 g/mol. The van der Waals surface area contributed by atoms with E-state index >= 15 is 0 Å². The Bertz CT molecular complexity index is 306. The van der Waals surface area contributed by atoms with Crippen LogP contribution in [-0.2, 0) is 6.42 Å². The fourth-order valence-electron chi connectivity index (χ4n) is 1.81. The minimum Gasteiger partial charge on any atom is -0.368 e. The summed E-state index contributed by atoms with van der Waals surface area (Å²) < 4.78 is 0. The van der Waals surface area contributed by atoms with Crippen molar-refractivity contribution in [2.75, 3.05) is 11.5 Å². The van der Waals surface area contributed by atoms with Crippen molar-refractivity contribution in [2.24, 2.45) is 0 Å². The molecule has 0 amide bonds. The minimum atomic E-state index is 0.218. The molecule has 5 heteroatoms. The molecule has 0 aliphatic carbocycles. The molecule has 0 saturated carbocycles. The molecule has 1 aromatic rings. The number of aromatic nitrogens is 3. The maximum atomic E-state index is 5.50. The van der Waals surface area contributed by atoms with Crippen molar-refractivity contribution in [2.45, 2.75) is 58.3 Å². The molecule has 0 aliphatic rings. The van der Waals surface area contributed by atoms with E-state index in [9.17, 15) is 0 Å². The van der Waals surface area contributed by atoms with Gasteiger partial charge in [-0.2, -0.15) is 15.0 Å². The normalized spacial score (nSPS) is 10.6. The number of hydrogen-bond acceptors (Lipinski definition) is 5. The number of nitrogens with zero attached hydrogens (tertiary/aromatic N) is 3. The summed E-state index contributed by atoms with van der Waals surface area (Å²) in [7, 11) is 0. The van der Waals surface area contributed by atoms with Crippen molar-refractivity contribution in [3.8, 4) is 0 Å². The second kappa shape index (κ2) is 7.81. The van der Waals surface area contributed by atoms with Gasteiger partial charge < -0.3 is 11.5 Å². The van der Waals surface area contributed by atoms with Crippen molar-refractivity contribution in [3.05, 3.63) is 5.82 Å². The monoisotopic (exact) mass is 237 g/mol. The summed E-state index contributed by atoms with van der Waals surface area (Å²) in [4.78, 5) is 11.9. The Hall–Kier alpha value is -1.39. The standard InChI is InChI=1S/C12H23N5/c1-2-3-4-5-6-7-8-9-10-15-11(13)17-12(14)16-10/h2-9H2,1H3,(H4,13,14,15,16,17).